The lowest BCUT2D eigenvalue weighted by Gasteiger charge is -2.22. The van der Waals surface area contributed by atoms with Crippen LogP contribution in [0, 0.1) is 0 Å². The standard InChI is InChI=1S/C11H14IN6P.C2H6/c1-13-5-8-3-2-4-17(8)10-9-11(15-6-14-10)18(19-12)7-16-9;1-2/h5-8,19H,2-4H2,1H3;1-2H3/t8-;/m0./s1. The highest BCUT2D eigenvalue weighted by Crippen LogP contribution is 2.32. The minimum absolute atomic E-state index is 0.329. The SMILES string of the molecule is CC.CN=C[C@@H]1CCCN1c1ncnc2c1ncn2PI. The van der Waals surface area contributed by atoms with Crippen LogP contribution in [0.15, 0.2) is 17.6 Å². The first kappa shape index (κ1) is 16.5. The Balaban J connectivity index is 0.000000774. The Morgan fingerprint density at radius 3 is 2.90 bits per heavy atom. The van der Waals surface area contributed by atoms with Crippen LogP contribution in [0.3, 0.4) is 0 Å². The van der Waals surface area contributed by atoms with Crippen molar-refractivity contribution in [2.24, 2.45) is 4.99 Å². The molecule has 0 aliphatic carbocycles. The number of rotatable bonds is 3. The molecule has 2 aromatic rings. The van der Waals surface area contributed by atoms with E-state index in [1.54, 1.807) is 6.33 Å². The van der Waals surface area contributed by atoms with E-state index in [0.29, 0.717) is 12.4 Å². The summed E-state index contributed by atoms with van der Waals surface area (Å²) in [6, 6.07) is 0.329. The number of hydrogen-bond acceptors (Lipinski definition) is 5. The number of fused-ring (bicyclic) bond motifs is 1. The van der Waals surface area contributed by atoms with Gasteiger partial charge in [0.15, 0.2) is 17.0 Å². The highest BCUT2D eigenvalue weighted by molar-refractivity contribution is 14.2. The van der Waals surface area contributed by atoms with E-state index >= 15 is 0 Å². The minimum atomic E-state index is 0.329. The fourth-order valence-electron chi connectivity index (χ4n) is 2.48. The summed E-state index contributed by atoms with van der Waals surface area (Å²) in [6.07, 6.45) is 8.35. The van der Waals surface area contributed by atoms with Crippen molar-refractivity contribution in [3.8, 4) is 0 Å². The number of aliphatic imine (C=N–C) groups is 1. The zero-order valence-corrected chi connectivity index (χ0v) is 15.6. The number of aromatic nitrogens is 4. The van der Waals surface area contributed by atoms with Gasteiger partial charge in [0, 0.05) is 19.8 Å². The summed E-state index contributed by atoms with van der Waals surface area (Å²) in [4.78, 5) is 19.7. The van der Waals surface area contributed by atoms with E-state index in [4.69, 9.17) is 0 Å². The molecule has 6 nitrogen and oxygen atoms in total. The van der Waals surface area contributed by atoms with Gasteiger partial charge < -0.3 is 4.90 Å². The van der Waals surface area contributed by atoms with E-state index in [-0.39, 0.29) is 0 Å². The summed E-state index contributed by atoms with van der Waals surface area (Å²) >= 11 is 2.33. The molecular weight excluding hydrogens is 398 g/mol. The van der Waals surface area contributed by atoms with Crippen LogP contribution in [0.4, 0.5) is 5.82 Å². The molecule has 0 N–H and O–H groups in total. The molecule has 0 saturated carbocycles. The molecule has 1 aliphatic heterocycles. The molecule has 8 heteroatoms. The summed E-state index contributed by atoms with van der Waals surface area (Å²) in [7, 11) is 1.82. The number of imidazole rings is 1. The third-order valence-electron chi connectivity index (χ3n) is 3.30. The van der Waals surface area contributed by atoms with Crippen molar-refractivity contribution in [2.45, 2.75) is 32.7 Å². The van der Waals surface area contributed by atoms with Gasteiger partial charge in [-0.05, 0) is 34.9 Å². The van der Waals surface area contributed by atoms with Gasteiger partial charge in [0.25, 0.3) is 0 Å². The summed E-state index contributed by atoms with van der Waals surface area (Å²) in [5, 5.41) is 0. The fraction of sp³-hybridized carbons (Fsp3) is 0.538. The molecular formula is C13H20IN6P. The Bertz CT molecular complexity index is 614. The van der Waals surface area contributed by atoms with E-state index < -0.39 is 0 Å². The topological polar surface area (TPSA) is 59.2 Å². The van der Waals surface area contributed by atoms with Gasteiger partial charge in [0.05, 0.1) is 12.4 Å². The lowest BCUT2D eigenvalue weighted by atomic mass is 10.2. The second kappa shape index (κ2) is 7.98. The quantitative estimate of drug-likeness (QED) is 0.436. The fourth-order valence-corrected chi connectivity index (χ4v) is 3.88. The van der Waals surface area contributed by atoms with Crippen LogP contribution in [0.1, 0.15) is 26.7 Å². The first-order chi connectivity index (χ1) is 10.3. The maximum Gasteiger partial charge on any atom is 0.169 e. The number of nitrogens with zero attached hydrogens (tertiary/aromatic N) is 6. The van der Waals surface area contributed by atoms with Crippen molar-refractivity contribution in [1.29, 1.82) is 0 Å². The van der Waals surface area contributed by atoms with E-state index in [2.05, 4.69) is 51.2 Å². The van der Waals surface area contributed by atoms with Crippen molar-refractivity contribution in [1.82, 2.24) is 19.3 Å². The third kappa shape index (κ3) is 3.34. The maximum atomic E-state index is 4.48. The molecule has 0 radical (unpaired) electrons. The summed E-state index contributed by atoms with van der Waals surface area (Å²) in [6.45, 7) is 5.00. The average Bonchev–Trinajstić information content (AvgIpc) is 3.15. The zero-order chi connectivity index (χ0) is 15.2. The summed E-state index contributed by atoms with van der Waals surface area (Å²) < 4.78 is 2.06. The molecule has 3 rings (SSSR count). The molecule has 0 spiro atoms. The smallest absolute Gasteiger partial charge is 0.169 e. The van der Waals surface area contributed by atoms with E-state index in [1.807, 2.05) is 33.4 Å². The highest BCUT2D eigenvalue weighted by Gasteiger charge is 2.26. The molecule has 1 fully saturated rings. The second-order valence-electron chi connectivity index (χ2n) is 4.38. The lowest BCUT2D eigenvalue weighted by molar-refractivity contribution is 0.844. The number of halogens is 1. The van der Waals surface area contributed by atoms with Crippen molar-refractivity contribution in [2.75, 3.05) is 18.5 Å². The van der Waals surface area contributed by atoms with E-state index in [1.165, 1.54) is 0 Å². The summed E-state index contributed by atoms with van der Waals surface area (Å²) in [5.41, 5.74) is 1.81. The molecule has 1 saturated heterocycles. The Kier molecular flexibility index (Phi) is 6.29. The predicted octanol–water partition coefficient (Wildman–Crippen LogP) is 3.31. The highest BCUT2D eigenvalue weighted by atomic mass is 127. The van der Waals surface area contributed by atoms with Crippen molar-refractivity contribution < 1.29 is 0 Å². The van der Waals surface area contributed by atoms with Crippen molar-refractivity contribution >= 4 is 51.6 Å². The van der Waals surface area contributed by atoms with Crippen LogP contribution < -0.4 is 4.90 Å². The van der Waals surface area contributed by atoms with Gasteiger partial charge in [-0.1, -0.05) is 13.8 Å². The molecule has 0 aromatic carbocycles. The van der Waals surface area contributed by atoms with Crippen LogP contribution in [0.25, 0.3) is 11.2 Å². The van der Waals surface area contributed by atoms with Gasteiger partial charge in [-0.2, -0.15) is 0 Å². The first-order valence-corrected chi connectivity index (χ1v) is 11.1. The van der Waals surface area contributed by atoms with Crippen LogP contribution in [-0.2, 0) is 0 Å². The van der Waals surface area contributed by atoms with Gasteiger partial charge >= 0.3 is 0 Å². The largest absolute Gasteiger partial charge is 0.347 e. The van der Waals surface area contributed by atoms with Gasteiger partial charge in [-0.15, -0.1) is 0 Å². The van der Waals surface area contributed by atoms with Crippen LogP contribution >= 0.6 is 28.4 Å². The lowest BCUT2D eigenvalue weighted by Crippen LogP contribution is -2.31. The maximum absolute atomic E-state index is 4.48. The normalized spacial score (nSPS) is 18.9. The molecule has 2 aromatic heterocycles. The van der Waals surface area contributed by atoms with Gasteiger partial charge in [0.1, 0.15) is 12.7 Å². The molecule has 1 aliphatic rings. The van der Waals surface area contributed by atoms with Crippen LogP contribution in [0.5, 0.6) is 0 Å². The average molecular weight is 418 g/mol. The van der Waals surface area contributed by atoms with Crippen molar-refractivity contribution in [3.63, 3.8) is 0 Å². The number of anilines is 1. The molecule has 114 valence electrons. The molecule has 1 unspecified atom stereocenters. The Labute approximate surface area is 139 Å². The van der Waals surface area contributed by atoms with Gasteiger partial charge in [-0.25, -0.2) is 15.0 Å². The molecule has 0 amide bonds. The number of hydrogen-bond donors (Lipinski definition) is 0. The summed E-state index contributed by atoms with van der Waals surface area (Å²) in [5.74, 6) is 0.931. The van der Waals surface area contributed by atoms with Crippen LogP contribution in [-0.4, -0.2) is 45.1 Å². The van der Waals surface area contributed by atoms with Gasteiger partial charge in [0.2, 0.25) is 0 Å². The first-order valence-electron chi connectivity index (χ1n) is 7.08. The van der Waals surface area contributed by atoms with Gasteiger partial charge in [-0.3, -0.25) is 9.33 Å². The van der Waals surface area contributed by atoms with E-state index in [9.17, 15) is 0 Å². The monoisotopic (exact) mass is 418 g/mol. The second-order valence-corrected chi connectivity index (χ2v) is 6.48. The van der Waals surface area contributed by atoms with E-state index in [0.717, 1.165) is 36.4 Å². The Morgan fingerprint density at radius 1 is 1.38 bits per heavy atom. The van der Waals surface area contributed by atoms with Crippen LogP contribution in [0.2, 0.25) is 0 Å². The molecule has 21 heavy (non-hydrogen) atoms. The van der Waals surface area contributed by atoms with Crippen molar-refractivity contribution in [3.05, 3.63) is 12.7 Å². The Morgan fingerprint density at radius 2 is 2.19 bits per heavy atom. The molecule has 0 bridgehead atoms. The Hall–Kier alpha value is -0.820. The third-order valence-corrected chi connectivity index (χ3v) is 5.37. The minimum Gasteiger partial charge on any atom is -0.347 e. The molecule has 3 heterocycles. The zero-order valence-electron chi connectivity index (χ0n) is 12.5. The molecule has 2 atom stereocenters. The predicted molar refractivity (Wildman–Crippen MR) is 99.2 cm³/mol.